The molecule has 1 amide bonds. The molecule has 1 aromatic carbocycles. The SMILES string of the molecule is CCc1ccc([C@@H](C)NC(=O)Cn2cc(S(=O)(=O)N3CCCC3)ccc2=O)cc1. The largest absolute Gasteiger partial charge is 0.348 e. The molecule has 29 heavy (non-hydrogen) atoms. The number of amides is 1. The van der Waals surface area contributed by atoms with Gasteiger partial charge in [-0.2, -0.15) is 4.31 Å². The minimum atomic E-state index is -3.64. The Hall–Kier alpha value is -2.45. The van der Waals surface area contributed by atoms with E-state index < -0.39 is 15.6 Å². The third kappa shape index (κ3) is 4.94. The third-order valence-electron chi connectivity index (χ3n) is 5.24. The summed E-state index contributed by atoms with van der Waals surface area (Å²) in [5.74, 6) is -0.352. The zero-order valence-electron chi connectivity index (χ0n) is 16.8. The van der Waals surface area contributed by atoms with Gasteiger partial charge in [-0.3, -0.25) is 9.59 Å². The molecule has 156 valence electrons. The highest BCUT2D eigenvalue weighted by molar-refractivity contribution is 7.89. The van der Waals surface area contributed by atoms with E-state index >= 15 is 0 Å². The highest BCUT2D eigenvalue weighted by atomic mass is 32.2. The standard InChI is InChI=1S/C21H27N3O4S/c1-3-17-6-8-18(9-7-17)16(2)22-20(25)15-23-14-19(10-11-21(23)26)29(27,28)24-12-4-5-13-24/h6-11,14,16H,3-5,12-13,15H2,1-2H3,(H,22,25)/t16-/m1/s1. The Morgan fingerprint density at radius 2 is 1.76 bits per heavy atom. The summed E-state index contributed by atoms with van der Waals surface area (Å²) < 4.78 is 28.0. The Labute approximate surface area is 171 Å². The number of nitrogens with one attached hydrogen (secondary N) is 1. The van der Waals surface area contributed by atoms with E-state index in [2.05, 4.69) is 12.2 Å². The molecule has 7 nitrogen and oxygen atoms in total. The highest BCUT2D eigenvalue weighted by Crippen LogP contribution is 2.20. The van der Waals surface area contributed by atoms with Crippen LogP contribution in [0.1, 0.15) is 43.9 Å². The van der Waals surface area contributed by atoms with Crippen molar-refractivity contribution in [3.05, 3.63) is 64.1 Å². The van der Waals surface area contributed by atoms with Crippen molar-refractivity contribution < 1.29 is 13.2 Å². The number of benzene rings is 1. The van der Waals surface area contributed by atoms with Crippen molar-refractivity contribution in [3.63, 3.8) is 0 Å². The lowest BCUT2D eigenvalue weighted by Gasteiger charge is -2.17. The summed E-state index contributed by atoms with van der Waals surface area (Å²) in [4.78, 5) is 24.7. The maximum Gasteiger partial charge on any atom is 0.251 e. The van der Waals surface area contributed by atoms with Crippen molar-refractivity contribution in [1.82, 2.24) is 14.2 Å². The predicted molar refractivity (Wildman–Crippen MR) is 111 cm³/mol. The van der Waals surface area contributed by atoms with E-state index in [4.69, 9.17) is 0 Å². The van der Waals surface area contributed by atoms with E-state index in [9.17, 15) is 18.0 Å². The molecule has 8 heteroatoms. The lowest BCUT2D eigenvalue weighted by molar-refractivity contribution is -0.122. The molecule has 0 aliphatic carbocycles. The molecule has 1 fully saturated rings. The van der Waals surface area contributed by atoms with E-state index in [1.165, 1.54) is 28.2 Å². The second-order valence-electron chi connectivity index (χ2n) is 7.33. The number of carbonyl (C=O) groups is 1. The summed E-state index contributed by atoms with van der Waals surface area (Å²) in [6.45, 7) is 4.68. The second kappa shape index (κ2) is 8.92. The summed E-state index contributed by atoms with van der Waals surface area (Å²) in [5.41, 5.74) is 1.77. The van der Waals surface area contributed by atoms with Crippen molar-refractivity contribution in [2.45, 2.75) is 50.6 Å². The number of hydrogen-bond donors (Lipinski definition) is 1. The van der Waals surface area contributed by atoms with Gasteiger partial charge in [-0.1, -0.05) is 31.2 Å². The van der Waals surface area contributed by atoms with Crippen LogP contribution < -0.4 is 10.9 Å². The molecule has 1 aromatic heterocycles. The first kappa shape index (κ1) is 21.3. The average Bonchev–Trinajstić information content (AvgIpc) is 3.25. The maximum absolute atomic E-state index is 12.7. The zero-order valence-corrected chi connectivity index (χ0v) is 17.6. The van der Waals surface area contributed by atoms with E-state index in [0.29, 0.717) is 13.1 Å². The van der Waals surface area contributed by atoms with Gasteiger partial charge in [-0.05, 0) is 43.4 Å². The van der Waals surface area contributed by atoms with Crippen molar-refractivity contribution in [3.8, 4) is 0 Å². The molecule has 0 spiro atoms. The molecule has 0 bridgehead atoms. The van der Waals surface area contributed by atoms with Crippen LogP contribution in [0.5, 0.6) is 0 Å². The fourth-order valence-electron chi connectivity index (χ4n) is 3.43. The van der Waals surface area contributed by atoms with Crippen LogP contribution in [-0.2, 0) is 27.8 Å². The van der Waals surface area contributed by atoms with Crippen molar-refractivity contribution in [1.29, 1.82) is 0 Å². The second-order valence-corrected chi connectivity index (χ2v) is 9.26. The Bertz CT molecular complexity index is 1020. The molecule has 1 saturated heterocycles. The topological polar surface area (TPSA) is 88.5 Å². The van der Waals surface area contributed by atoms with E-state index in [1.54, 1.807) is 0 Å². The predicted octanol–water partition coefficient (Wildman–Crippen LogP) is 2.07. The smallest absolute Gasteiger partial charge is 0.251 e. The van der Waals surface area contributed by atoms with Gasteiger partial charge in [0.2, 0.25) is 15.9 Å². The van der Waals surface area contributed by atoms with E-state index in [1.807, 2.05) is 31.2 Å². The van der Waals surface area contributed by atoms with Crippen LogP contribution in [0.25, 0.3) is 0 Å². The van der Waals surface area contributed by atoms with Gasteiger partial charge in [-0.25, -0.2) is 8.42 Å². The van der Waals surface area contributed by atoms with Gasteiger partial charge in [0.05, 0.1) is 10.9 Å². The first-order valence-electron chi connectivity index (χ1n) is 9.90. The minimum absolute atomic E-state index is 0.0370. The molecule has 1 aliphatic rings. The van der Waals surface area contributed by atoms with Crippen LogP contribution in [0, 0.1) is 0 Å². The summed E-state index contributed by atoms with van der Waals surface area (Å²) >= 11 is 0. The van der Waals surface area contributed by atoms with Crippen molar-refractivity contribution >= 4 is 15.9 Å². The Morgan fingerprint density at radius 1 is 1.10 bits per heavy atom. The fourth-order valence-corrected chi connectivity index (χ4v) is 4.97. The molecule has 2 heterocycles. The molecule has 2 aromatic rings. The number of rotatable bonds is 7. The maximum atomic E-state index is 12.7. The van der Waals surface area contributed by atoms with Crippen molar-refractivity contribution in [2.24, 2.45) is 0 Å². The number of aromatic nitrogens is 1. The minimum Gasteiger partial charge on any atom is -0.348 e. The van der Waals surface area contributed by atoms with E-state index in [-0.39, 0.29) is 23.4 Å². The van der Waals surface area contributed by atoms with Crippen LogP contribution in [-0.4, -0.2) is 36.3 Å². The molecule has 0 saturated carbocycles. The molecular formula is C21H27N3O4S. The normalized spacial score (nSPS) is 15.9. The van der Waals surface area contributed by atoms with Gasteiger partial charge < -0.3 is 9.88 Å². The lowest BCUT2D eigenvalue weighted by Crippen LogP contribution is -2.34. The Morgan fingerprint density at radius 3 is 2.38 bits per heavy atom. The molecule has 1 atom stereocenters. The number of nitrogens with zero attached hydrogens (tertiary/aromatic N) is 2. The first-order valence-corrected chi connectivity index (χ1v) is 11.3. The van der Waals surface area contributed by atoms with E-state index in [0.717, 1.165) is 29.4 Å². The quantitative estimate of drug-likeness (QED) is 0.747. The van der Waals surface area contributed by atoms with Gasteiger partial charge in [-0.15, -0.1) is 0 Å². The van der Waals surface area contributed by atoms with Gasteiger partial charge in [0.1, 0.15) is 6.54 Å². The van der Waals surface area contributed by atoms with Crippen LogP contribution in [0.15, 0.2) is 52.3 Å². The highest BCUT2D eigenvalue weighted by Gasteiger charge is 2.27. The number of hydrogen-bond acceptors (Lipinski definition) is 4. The third-order valence-corrected chi connectivity index (χ3v) is 7.12. The van der Waals surface area contributed by atoms with Gasteiger partial charge >= 0.3 is 0 Å². The Balaban J connectivity index is 1.71. The van der Waals surface area contributed by atoms with Crippen LogP contribution in [0.3, 0.4) is 0 Å². The van der Waals surface area contributed by atoms with Gasteiger partial charge in [0, 0.05) is 25.4 Å². The molecule has 1 aliphatic heterocycles. The van der Waals surface area contributed by atoms with Gasteiger partial charge in [0.15, 0.2) is 0 Å². The first-order chi connectivity index (χ1) is 13.8. The average molecular weight is 418 g/mol. The summed E-state index contributed by atoms with van der Waals surface area (Å²) in [6, 6.07) is 10.3. The fraction of sp³-hybridized carbons (Fsp3) is 0.429. The molecule has 3 rings (SSSR count). The van der Waals surface area contributed by atoms with Crippen LogP contribution in [0.2, 0.25) is 0 Å². The molecule has 0 radical (unpaired) electrons. The summed E-state index contributed by atoms with van der Waals surface area (Å²) in [5, 5.41) is 2.86. The van der Waals surface area contributed by atoms with Crippen LogP contribution in [0.4, 0.5) is 0 Å². The van der Waals surface area contributed by atoms with Crippen molar-refractivity contribution in [2.75, 3.05) is 13.1 Å². The molecule has 1 N–H and O–H groups in total. The number of sulfonamides is 1. The number of aryl methyl sites for hydroxylation is 1. The summed E-state index contributed by atoms with van der Waals surface area (Å²) in [6.07, 6.45) is 3.87. The zero-order chi connectivity index (χ0) is 21.0. The Kier molecular flexibility index (Phi) is 6.54. The monoisotopic (exact) mass is 417 g/mol. The van der Waals surface area contributed by atoms with Gasteiger partial charge in [0.25, 0.3) is 5.56 Å². The molecular weight excluding hydrogens is 390 g/mol. The number of pyridine rings is 1. The summed E-state index contributed by atoms with van der Waals surface area (Å²) in [7, 11) is -3.64. The van der Waals surface area contributed by atoms with Crippen LogP contribution >= 0.6 is 0 Å². The lowest BCUT2D eigenvalue weighted by atomic mass is 10.1. The molecule has 0 unspecified atom stereocenters. The number of carbonyl (C=O) groups excluding carboxylic acids is 1.